The van der Waals surface area contributed by atoms with E-state index in [0.29, 0.717) is 5.82 Å². The van der Waals surface area contributed by atoms with Crippen molar-refractivity contribution in [2.75, 3.05) is 5.32 Å². The zero-order chi connectivity index (χ0) is 11.5. The van der Waals surface area contributed by atoms with Gasteiger partial charge in [-0.15, -0.1) is 6.42 Å². The van der Waals surface area contributed by atoms with Crippen molar-refractivity contribution in [3.8, 4) is 12.3 Å². The van der Waals surface area contributed by atoms with E-state index >= 15 is 0 Å². The first-order valence-corrected chi connectivity index (χ1v) is 4.19. The van der Waals surface area contributed by atoms with Crippen LogP contribution in [0.3, 0.4) is 0 Å². The second kappa shape index (κ2) is 4.22. The number of alkyl halides is 3. The van der Waals surface area contributed by atoms with Crippen LogP contribution >= 0.6 is 0 Å². The molecule has 15 heavy (non-hydrogen) atoms. The maximum absolute atomic E-state index is 12.2. The first kappa shape index (κ1) is 11.4. The summed E-state index contributed by atoms with van der Waals surface area (Å²) in [5.41, 5.74) is -0.776. The fourth-order valence-electron chi connectivity index (χ4n) is 0.910. The Balaban J connectivity index is 2.78. The summed E-state index contributed by atoms with van der Waals surface area (Å²) in [5, 5.41) is 2.76. The van der Waals surface area contributed by atoms with E-state index in [9.17, 15) is 13.2 Å². The zero-order valence-electron chi connectivity index (χ0n) is 7.97. The van der Waals surface area contributed by atoms with Gasteiger partial charge in [-0.3, -0.25) is 0 Å². The van der Waals surface area contributed by atoms with Crippen molar-refractivity contribution in [1.82, 2.24) is 4.98 Å². The normalized spacial score (nSPS) is 13.0. The minimum atomic E-state index is -4.36. The average Bonchev–Trinajstić information content (AvgIpc) is 2.17. The molecule has 1 rings (SSSR count). The molecular formula is C10H9F3N2. The van der Waals surface area contributed by atoms with Crippen molar-refractivity contribution in [3.63, 3.8) is 0 Å². The maximum Gasteiger partial charge on any atom is 0.417 e. The molecule has 1 N–H and O–H groups in total. The van der Waals surface area contributed by atoms with E-state index in [4.69, 9.17) is 6.42 Å². The molecule has 1 atom stereocenters. The summed E-state index contributed by atoms with van der Waals surface area (Å²) >= 11 is 0. The quantitative estimate of drug-likeness (QED) is 0.765. The molecule has 0 aliphatic rings. The molecule has 1 aromatic rings. The summed E-state index contributed by atoms with van der Waals surface area (Å²) in [6.45, 7) is 1.71. The number of pyridine rings is 1. The molecule has 0 saturated heterocycles. The highest BCUT2D eigenvalue weighted by Gasteiger charge is 2.30. The number of hydrogen-bond acceptors (Lipinski definition) is 2. The van der Waals surface area contributed by atoms with Crippen LogP contribution < -0.4 is 5.32 Å². The summed E-state index contributed by atoms with van der Waals surface area (Å²) in [5.74, 6) is 2.71. The minimum absolute atomic E-state index is 0.269. The van der Waals surface area contributed by atoms with E-state index in [0.717, 1.165) is 12.3 Å². The van der Waals surface area contributed by atoms with Gasteiger partial charge >= 0.3 is 6.18 Å². The highest BCUT2D eigenvalue weighted by Crippen LogP contribution is 2.28. The standard InChI is InChI=1S/C10H9F3N2/c1-3-7(2)15-9-5-4-8(6-14-9)10(11,12)13/h1,4-7H,2H3,(H,14,15). The predicted molar refractivity (Wildman–Crippen MR) is 51.2 cm³/mol. The molecular weight excluding hydrogens is 205 g/mol. The molecule has 1 heterocycles. The molecule has 0 bridgehead atoms. The minimum Gasteiger partial charge on any atom is -0.357 e. The van der Waals surface area contributed by atoms with Gasteiger partial charge in [0.05, 0.1) is 11.6 Å². The van der Waals surface area contributed by atoms with Gasteiger partial charge in [0, 0.05) is 6.20 Å². The van der Waals surface area contributed by atoms with Gasteiger partial charge in [-0.2, -0.15) is 13.2 Å². The summed E-state index contributed by atoms with van der Waals surface area (Å²) in [6.07, 6.45) is 1.51. The van der Waals surface area contributed by atoms with Crippen LogP contribution in [-0.4, -0.2) is 11.0 Å². The Hall–Kier alpha value is -1.70. The van der Waals surface area contributed by atoms with Crippen LogP contribution in [0.15, 0.2) is 18.3 Å². The number of nitrogens with zero attached hydrogens (tertiary/aromatic N) is 1. The van der Waals surface area contributed by atoms with Crippen LogP contribution in [0.2, 0.25) is 0 Å². The number of nitrogens with one attached hydrogen (secondary N) is 1. The Morgan fingerprint density at radius 3 is 2.53 bits per heavy atom. The summed E-state index contributed by atoms with van der Waals surface area (Å²) in [4.78, 5) is 3.61. The third kappa shape index (κ3) is 3.17. The van der Waals surface area contributed by atoms with Crippen molar-refractivity contribution >= 4 is 5.82 Å². The van der Waals surface area contributed by atoms with Crippen LogP contribution in [0.1, 0.15) is 12.5 Å². The van der Waals surface area contributed by atoms with E-state index in [1.54, 1.807) is 6.92 Å². The molecule has 5 heteroatoms. The molecule has 1 aromatic heterocycles. The van der Waals surface area contributed by atoms with Crippen molar-refractivity contribution in [2.24, 2.45) is 0 Å². The molecule has 80 valence electrons. The monoisotopic (exact) mass is 214 g/mol. The molecule has 0 fully saturated rings. The van der Waals surface area contributed by atoms with E-state index in [1.165, 1.54) is 6.07 Å². The smallest absolute Gasteiger partial charge is 0.357 e. The highest BCUT2D eigenvalue weighted by molar-refractivity contribution is 5.38. The van der Waals surface area contributed by atoms with E-state index in [1.807, 2.05) is 0 Å². The number of terminal acetylenes is 1. The SMILES string of the molecule is C#CC(C)Nc1ccc(C(F)(F)F)cn1. The van der Waals surface area contributed by atoms with Crippen LogP contribution in [0.4, 0.5) is 19.0 Å². The maximum atomic E-state index is 12.2. The van der Waals surface area contributed by atoms with Gasteiger partial charge in [0.2, 0.25) is 0 Å². The van der Waals surface area contributed by atoms with Crippen molar-refractivity contribution in [3.05, 3.63) is 23.9 Å². The van der Waals surface area contributed by atoms with Crippen LogP contribution in [-0.2, 0) is 6.18 Å². The van der Waals surface area contributed by atoms with Gasteiger partial charge in [-0.1, -0.05) is 5.92 Å². The zero-order valence-corrected chi connectivity index (χ0v) is 7.97. The lowest BCUT2D eigenvalue weighted by atomic mass is 10.2. The molecule has 0 saturated carbocycles. The van der Waals surface area contributed by atoms with Crippen LogP contribution in [0.25, 0.3) is 0 Å². The molecule has 1 unspecified atom stereocenters. The summed E-state index contributed by atoms with van der Waals surface area (Å²) in [6, 6.07) is 1.93. The van der Waals surface area contributed by atoms with Gasteiger partial charge in [-0.25, -0.2) is 4.98 Å². The first-order chi connectivity index (χ1) is 6.93. The summed E-state index contributed by atoms with van der Waals surface area (Å²) < 4.78 is 36.5. The molecule has 0 amide bonds. The van der Waals surface area contributed by atoms with Crippen molar-refractivity contribution < 1.29 is 13.2 Å². The third-order valence-corrected chi connectivity index (χ3v) is 1.71. The Labute approximate surface area is 85.5 Å². The van der Waals surface area contributed by atoms with Gasteiger partial charge in [0.15, 0.2) is 0 Å². The average molecular weight is 214 g/mol. The van der Waals surface area contributed by atoms with Crippen LogP contribution in [0.5, 0.6) is 0 Å². The molecule has 0 spiro atoms. The lowest BCUT2D eigenvalue weighted by Crippen LogP contribution is -2.13. The second-order valence-corrected chi connectivity index (χ2v) is 2.96. The van der Waals surface area contributed by atoms with E-state index in [-0.39, 0.29) is 6.04 Å². The summed E-state index contributed by atoms with van der Waals surface area (Å²) in [7, 11) is 0. The fraction of sp³-hybridized carbons (Fsp3) is 0.300. The highest BCUT2D eigenvalue weighted by atomic mass is 19.4. The van der Waals surface area contributed by atoms with Crippen molar-refractivity contribution in [1.29, 1.82) is 0 Å². The number of aromatic nitrogens is 1. The number of halogens is 3. The number of rotatable bonds is 2. The second-order valence-electron chi connectivity index (χ2n) is 2.96. The van der Waals surface area contributed by atoms with E-state index < -0.39 is 11.7 Å². The lowest BCUT2D eigenvalue weighted by Gasteiger charge is -2.10. The Morgan fingerprint density at radius 1 is 1.47 bits per heavy atom. The molecule has 0 radical (unpaired) electrons. The van der Waals surface area contributed by atoms with Gasteiger partial charge in [0.25, 0.3) is 0 Å². The fourth-order valence-corrected chi connectivity index (χ4v) is 0.910. The number of hydrogen-bond donors (Lipinski definition) is 1. The van der Waals surface area contributed by atoms with Crippen LogP contribution in [0, 0.1) is 12.3 Å². The van der Waals surface area contributed by atoms with Gasteiger partial charge in [-0.05, 0) is 19.1 Å². The number of anilines is 1. The third-order valence-electron chi connectivity index (χ3n) is 1.71. The van der Waals surface area contributed by atoms with Crippen molar-refractivity contribution in [2.45, 2.75) is 19.1 Å². The first-order valence-electron chi connectivity index (χ1n) is 4.19. The Morgan fingerprint density at radius 2 is 2.13 bits per heavy atom. The molecule has 2 nitrogen and oxygen atoms in total. The van der Waals surface area contributed by atoms with Gasteiger partial charge < -0.3 is 5.32 Å². The van der Waals surface area contributed by atoms with E-state index in [2.05, 4.69) is 16.2 Å². The topological polar surface area (TPSA) is 24.9 Å². The molecule has 0 aliphatic carbocycles. The Kier molecular flexibility index (Phi) is 3.20. The predicted octanol–water partition coefficient (Wildman–Crippen LogP) is 2.53. The molecule has 0 aliphatic heterocycles. The molecule has 0 aromatic carbocycles. The van der Waals surface area contributed by atoms with Gasteiger partial charge in [0.1, 0.15) is 5.82 Å². The largest absolute Gasteiger partial charge is 0.417 e. The Bertz CT molecular complexity index is 362. The lowest BCUT2D eigenvalue weighted by molar-refractivity contribution is -0.137.